The van der Waals surface area contributed by atoms with Gasteiger partial charge in [0.05, 0.1) is 16.5 Å². The van der Waals surface area contributed by atoms with Crippen molar-refractivity contribution in [1.82, 2.24) is 14.8 Å². The second-order valence-electron chi connectivity index (χ2n) is 6.63. The Hall–Kier alpha value is -3.00. The van der Waals surface area contributed by atoms with Gasteiger partial charge in [-0.25, -0.2) is 0 Å². The van der Waals surface area contributed by atoms with Gasteiger partial charge >= 0.3 is 0 Å². The molecule has 32 heavy (non-hydrogen) atoms. The van der Waals surface area contributed by atoms with Crippen LogP contribution in [-0.4, -0.2) is 26.4 Å². The Bertz CT molecular complexity index is 1200. The molecule has 162 valence electrons. The summed E-state index contributed by atoms with van der Waals surface area (Å²) in [5.41, 5.74) is 1.45. The maximum absolute atomic E-state index is 12.4. The number of anilines is 1. The summed E-state index contributed by atoms with van der Waals surface area (Å²) >= 11 is 13.3. The van der Waals surface area contributed by atoms with Crippen LogP contribution >= 0.6 is 35.0 Å². The zero-order chi connectivity index (χ0) is 22.3. The van der Waals surface area contributed by atoms with E-state index >= 15 is 0 Å². The van der Waals surface area contributed by atoms with Crippen LogP contribution in [0.5, 0.6) is 5.75 Å². The highest BCUT2D eigenvalue weighted by Crippen LogP contribution is 2.25. The number of halogens is 2. The zero-order valence-electron chi connectivity index (χ0n) is 16.7. The number of carbonyl (C=O) groups excluding carboxylic acids is 1. The Morgan fingerprint density at radius 1 is 0.938 bits per heavy atom. The van der Waals surface area contributed by atoms with Crippen molar-refractivity contribution < 1.29 is 9.53 Å². The first-order chi connectivity index (χ1) is 15.6. The largest absolute Gasteiger partial charge is 0.486 e. The fourth-order valence-electron chi connectivity index (χ4n) is 2.88. The van der Waals surface area contributed by atoms with Crippen molar-refractivity contribution >= 4 is 46.6 Å². The lowest BCUT2D eigenvalue weighted by Crippen LogP contribution is -2.15. The van der Waals surface area contributed by atoms with Crippen LogP contribution in [0.3, 0.4) is 0 Å². The summed E-state index contributed by atoms with van der Waals surface area (Å²) in [7, 11) is 0. The summed E-state index contributed by atoms with van der Waals surface area (Å²) in [5, 5.41) is 13.1. The number of hydrogen-bond acceptors (Lipinski definition) is 5. The van der Waals surface area contributed by atoms with E-state index < -0.39 is 0 Å². The lowest BCUT2D eigenvalue weighted by Gasteiger charge is -2.11. The van der Waals surface area contributed by atoms with Crippen LogP contribution in [0, 0.1) is 0 Å². The number of carbonyl (C=O) groups is 1. The van der Waals surface area contributed by atoms with Crippen LogP contribution in [0.4, 0.5) is 5.69 Å². The van der Waals surface area contributed by atoms with Gasteiger partial charge in [0.15, 0.2) is 11.0 Å². The third-order valence-electron chi connectivity index (χ3n) is 4.38. The van der Waals surface area contributed by atoms with E-state index in [1.54, 1.807) is 36.4 Å². The fraction of sp³-hybridized carbons (Fsp3) is 0.0870. The van der Waals surface area contributed by atoms with E-state index in [2.05, 4.69) is 15.5 Å². The van der Waals surface area contributed by atoms with Crippen molar-refractivity contribution in [2.45, 2.75) is 11.8 Å². The van der Waals surface area contributed by atoms with Crippen LogP contribution in [-0.2, 0) is 11.4 Å². The minimum Gasteiger partial charge on any atom is -0.486 e. The summed E-state index contributed by atoms with van der Waals surface area (Å²) in [6.07, 6.45) is 0. The first-order valence-corrected chi connectivity index (χ1v) is 11.4. The molecular weight excluding hydrogens is 467 g/mol. The van der Waals surface area contributed by atoms with Crippen molar-refractivity contribution in [3.05, 3.63) is 94.7 Å². The smallest absolute Gasteiger partial charge is 0.234 e. The highest BCUT2D eigenvalue weighted by atomic mass is 35.5. The SMILES string of the molecule is O=C(CSc1nnc(COc2ccc(Cl)cc2)n1-c1ccccc1)Nc1ccccc1Cl. The predicted molar refractivity (Wildman–Crippen MR) is 128 cm³/mol. The van der Waals surface area contributed by atoms with Gasteiger partial charge in [-0.15, -0.1) is 10.2 Å². The number of rotatable bonds is 8. The van der Waals surface area contributed by atoms with E-state index in [1.165, 1.54) is 11.8 Å². The average Bonchev–Trinajstić information content (AvgIpc) is 3.22. The second-order valence-corrected chi connectivity index (χ2v) is 8.42. The lowest BCUT2D eigenvalue weighted by atomic mass is 10.3. The highest BCUT2D eigenvalue weighted by molar-refractivity contribution is 7.99. The van der Waals surface area contributed by atoms with Crippen LogP contribution in [0.2, 0.25) is 10.0 Å². The molecule has 9 heteroatoms. The quantitative estimate of drug-likeness (QED) is 0.316. The summed E-state index contributed by atoms with van der Waals surface area (Å²) in [4.78, 5) is 12.4. The highest BCUT2D eigenvalue weighted by Gasteiger charge is 2.17. The summed E-state index contributed by atoms with van der Waals surface area (Å²) in [6.45, 7) is 0.204. The number of nitrogens with zero attached hydrogens (tertiary/aromatic N) is 3. The zero-order valence-corrected chi connectivity index (χ0v) is 19.1. The minimum absolute atomic E-state index is 0.147. The second kappa shape index (κ2) is 10.5. The summed E-state index contributed by atoms with van der Waals surface area (Å²) in [6, 6.07) is 23.9. The molecule has 0 spiro atoms. The molecule has 0 saturated heterocycles. The normalized spacial score (nSPS) is 10.7. The van der Waals surface area contributed by atoms with E-state index in [-0.39, 0.29) is 18.3 Å². The first-order valence-electron chi connectivity index (χ1n) is 9.65. The standard InChI is InChI=1S/C23H18Cl2N4O2S/c24-16-10-12-18(13-11-16)31-14-21-27-28-23(29(21)17-6-2-1-3-7-17)32-15-22(30)26-20-9-5-4-8-19(20)25/h1-13H,14-15H2,(H,26,30). The van der Waals surface area contributed by atoms with Crippen LogP contribution < -0.4 is 10.1 Å². The maximum Gasteiger partial charge on any atom is 0.234 e. The van der Waals surface area contributed by atoms with Crippen LogP contribution in [0.1, 0.15) is 5.82 Å². The third kappa shape index (κ3) is 5.62. The van der Waals surface area contributed by atoms with Crippen LogP contribution in [0.15, 0.2) is 84.0 Å². The van der Waals surface area contributed by atoms with Gasteiger partial charge < -0.3 is 10.1 Å². The molecule has 1 amide bonds. The monoisotopic (exact) mass is 484 g/mol. The van der Waals surface area contributed by atoms with E-state index in [0.717, 1.165) is 5.69 Å². The minimum atomic E-state index is -0.190. The van der Waals surface area contributed by atoms with Crippen molar-refractivity contribution in [2.75, 3.05) is 11.1 Å². The number of ether oxygens (including phenoxy) is 1. The van der Waals surface area contributed by atoms with Gasteiger partial charge in [-0.1, -0.05) is 65.3 Å². The molecule has 0 aliphatic heterocycles. The van der Waals surface area contributed by atoms with Crippen molar-refractivity contribution in [3.8, 4) is 11.4 Å². The van der Waals surface area contributed by atoms with Crippen molar-refractivity contribution in [1.29, 1.82) is 0 Å². The molecule has 0 saturated carbocycles. The lowest BCUT2D eigenvalue weighted by molar-refractivity contribution is -0.113. The Balaban J connectivity index is 1.49. The number of amides is 1. The maximum atomic E-state index is 12.4. The Morgan fingerprint density at radius 2 is 1.66 bits per heavy atom. The first kappa shape index (κ1) is 22.2. The molecule has 0 aliphatic rings. The molecule has 4 aromatic rings. The van der Waals surface area contributed by atoms with Gasteiger partial charge in [0, 0.05) is 10.7 Å². The molecule has 3 aromatic carbocycles. The molecule has 0 unspecified atom stereocenters. The molecule has 1 N–H and O–H groups in total. The van der Waals surface area contributed by atoms with Crippen LogP contribution in [0.25, 0.3) is 5.69 Å². The molecule has 6 nitrogen and oxygen atoms in total. The molecule has 0 bridgehead atoms. The predicted octanol–water partition coefficient (Wildman–Crippen LogP) is 5.88. The Labute approximate surface area is 199 Å². The molecule has 1 heterocycles. The topological polar surface area (TPSA) is 69.0 Å². The van der Waals surface area contributed by atoms with Gasteiger partial charge in [-0.05, 0) is 48.5 Å². The molecular formula is C23H18Cl2N4O2S. The van der Waals surface area contributed by atoms with Crippen molar-refractivity contribution in [3.63, 3.8) is 0 Å². The number of aromatic nitrogens is 3. The molecule has 0 aliphatic carbocycles. The van der Waals surface area contributed by atoms with Gasteiger partial charge in [0.25, 0.3) is 0 Å². The van der Waals surface area contributed by atoms with E-state index in [0.29, 0.717) is 32.5 Å². The number of para-hydroxylation sites is 2. The number of thioether (sulfide) groups is 1. The van der Waals surface area contributed by atoms with Gasteiger partial charge in [-0.3, -0.25) is 9.36 Å². The van der Waals surface area contributed by atoms with E-state index in [9.17, 15) is 4.79 Å². The Morgan fingerprint density at radius 3 is 2.41 bits per heavy atom. The molecule has 0 radical (unpaired) electrons. The van der Waals surface area contributed by atoms with E-state index in [4.69, 9.17) is 27.9 Å². The summed E-state index contributed by atoms with van der Waals surface area (Å²) < 4.78 is 7.73. The van der Waals surface area contributed by atoms with E-state index in [1.807, 2.05) is 47.0 Å². The molecule has 0 atom stereocenters. The van der Waals surface area contributed by atoms with Crippen molar-refractivity contribution in [2.24, 2.45) is 0 Å². The average molecular weight is 485 g/mol. The third-order valence-corrected chi connectivity index (χ3v) is 5.89. The number of benzene rings is 3. The molecule has 4 rings (SSSR count). The fourth-order valence-corrected chi connectivity index (χ4v) is 3.96. The van der Waals surface area contributed by atoms with Gasteiger partial charge in [-0.2, -0.15) is 0 Å². The van der Waals surface area contributed by atoms with Gasteiger partial charge in [0.1, 0.15) is 12.4 Å². The summed E-state index contributed by atoms with van der Waals surface area (Å²) in [5.74, 6) is 1.24. The molecule has 1 aromatic heterocycles. The number of hydrogen-bond donors (Lipinski definition) is 1. The number of nitrogens with one attached hydrogen (secondary N) is 1. The Kier molecular flexibility index (Phi) is 7.32. The van der Waals surface area contributed by atoms with Gasteiger partial charge in [0.2, 0.25) is 5.91 Å². The molecule has 0 fully saturated rings.